The lowest BCUT2D eigenvalue weighted by atomic mass is 10.2. The van der Waals surface area contributed by atoms with Crippen LogP contribution in [0.3, 0.4) is 0 Å². The molecule has 0 bridgehead atoms. The first-order chi connectivity index (χ1) is 7.16. The van der Waals surface area contributed by atoms with Gasteiger partial charge < -0.3 is 10.0 Å². The highest BCUT2D eigenvalue weighted by Crippen LogP contribution is 2.07. The van der Waals surface area contributed by atoms with E-state index in [0.29, 0.717) is 18.5 Å². The van der Waals surface area contributed by atoms with E-state index in [-0.39, 0.29) is 18.6 Å². The van der Waals surface area contributed by atoms with Gasteiger partial charge in [-0.1, -0.05) is 0 Å². The number of nitrogens with zero attached hydrogens (tertiary/aromatic N) is 2. The van der Waals surface area contributed by atoms with Crippen LogP contribution in [0.2, 0.25) is 0 Å². The Hall–Kier alpha value is -1.36. The van der Waals surface area contributed by atoms with E-state index in [9.17, 15) is 4.79 Å². The standard InChI is InChI=1S/C10H17N3O2/c1-8(2)13(4-3-5-14)10(15)9-6-11-12-7-9/h6-8,14H,3-5H2,1-2H3,(H,11,12). The zero-order chi connectivity index (χ0) is 11.3. The third-order valence-electron chi connectivity index (χ3n) is 2.19. The van der Waals surface area contributed by atoms with E-state index in [2.05, 4.69) is 10.2 Å². The molecule has 5 heteroatoms. The minimum atomic E-state index is -0.0489. The molecule has 1 rings (SSSR count). The van der Waals surface area contributed by atoms with Gasteiger partial charge in [0, 0.05) is 25.4 Å². The molecular formula is C10H17N3O2. The average molecular weight is 211 g/mol. The van der Waals surface area contributed by atoms with Crippen LogP contribution >= 0.6 is 0 Å². The Labute approximate surface area is 89.1 Å². The molecule has 5 nitrogen and oxygen atoms in total. The minimum Gasteiger partial charge on any atom is -0.396 e. The second-order valence-corrected chi connectivity index (χ2v) is 3.66. The molecule has 0 saturated heterocycles. The van der Waals surface area contributed by atoms with Crippen LogP contribution < -0.4 is 0 Å². The third kappa shape index (κ3) is 3.06. The van der Waals surface area contributed by atoms with Crippen molar-refractivity contribution in [3.8, 4) is 0 Å². The monoisotopic (exact) mass is 211 g/mol. The molecule has 0 aliphatic rings. The smallest absolute Gasteiger partial charge is 0.257 e. The zero-order valence-electron chi connectivity index (χ0n) is 9.10. The lowest BCUT2D eigenvalue weighted by molar-refractivity contribution is 0.0693. The van der Waals surface area contributed by atoms with Crippen molar-refractivity contribution in [1.82, 2.24) is 15.1 Å². The van der Waals surface area contributed by atoms with Crippen LogP contribution in [0.15, 0.2) is 12.4 Å². The number of aliphatic hydroxyl groups is 1. The van der Waals surface area contributed by atoms with Gasteiger partial charge in [0.2, 0.25) is 0 Å². The summed E-state index contributed by atoms with van der Waals surface area (Å²) in [6.07, 6.45) is 3.69. The van der Waals surface area contributed by atoms with E-state index < -0.39 is 0 Å². The van der Waals surface area contributed by atoms with Crippen LogP contribution in [0.4, 0.5) is 0 Å². The van der Waals surface area contributed by atoms with Gasteiger partial charge in [-0.25, -0.2) is 0 Å². The lowest BCUT2D eigenvalue weighted by Crippen LogP contribution is -2.37. The topological polar surface area (TPSA) is 69.2 Å². The summed E-state index contributed by atoms with van der Waals surface area (Å²) in [7, 11) is 0. The Morgan fingerprint density at radius 1 is 1.67 bits per heavy atom. The molecule has 0 radical (unpaired) electrons. The summed E-state index contributed by atoms with van der Waals surface area (Å²) in [5, 5.41) is 15.1. The van der Waals surface area contributed by atoms with Crippen LogP contribution in [-0.4, -0.2) is 45.3 Å². The molecule has 0 saturated carbocycles. The fourth-order valence-electron chi connectivity index (χ4n) is 1.37. The van der Waals surface area contributed by atoms with Gasteiger partial charge in [-0.2, -0.15) is 5.10 Å². The van der Waals surface area contributed by atoms with Crippen molar-refractivity contribution in [2.45, 2.75) is 26.3 Å². The molecule has 1 heterocycles. The van der Waals surface area contributed by atoms with Gasteiger partial charge in [0.1, 0.15) is 0 Å². The Kier molecular flexibility index (Phi) is 4.30. The number of rotatable bonds is 5. The minimum absolute atomic E-state index is 0.0489. The number of H-pyrrole nitrogens is 1. The Balaban J connectivity index is 2.67. The van der Waals surface area contributed by atoms with Crippen molar-refractivity contribution in [3.63, 3.8) is 0 Å². The number of hydrogen-bond donors (Lipinski definition) is 2. The van der Waals surface area contributed by atoms with Gasteiger partial charge >= 0.3 is 0 Å². The van der Waals surface area contributed by atoms with Gasteiger partial charge in [0.25, 0.3) is 5.91 Å². The zero-order valence-corrected chi connectivity index (χ0v) is 9.10. The fourth-order valence-corrected chi connectivity index (χ4v) is 1.37. The summed E-state index contributed by atoms with van der Waals surface area (Å²) in [6, 6.07) is 0.124. The van der Waals surface area contributed by atoms with E-state index in [1.807, 2.05) is 13.8 Å². The highest BCUT2D eigenvalue weighted by Gasteiger charge is 2.18. The summed E-state index contributed by atoms with van der Waals surface area (Å²) in [6.45, 7) is 4.57. The Bertz CT molecular complexity index is 296. The van der Waals surface area contributed by atoms with Gasteiger partial charge in [-0.3, -0.25) is 9.89 Å². The highest BCUT2D eigenvalue weighted by molar-refractivity contribution is 5.93. The molecule has 15 heavy (non-hydrogen) atoms. The molecule has 0 fully saturated rings. The van der Waals surface area contributed by atoms with Crippen molar-refractivity contribution in [2.75, 3.05) is 13.2 Å². The number of amides is 1. The third-order valence-corrected chi connectivity index (χ3v) is 2.19. The number of aliphatic hydroxyl groups excluding tert-OH is 1. The molecule has 1 aromatic rings. The van der Waals surface area contributed by atoms with Crippen LogP contribution in [0, 0.1) is 0 Å². The second kappa shape index (κ2) is 5.50. The molecule has 0 aliphatic carbocycles. The number of aromatic amines is 1. The summed E-state index contributed by atoms with van der Waals surface area (Å²) in [4.78, 5) is 13.7. The maximum absolute atomic E-state index is 11.9. The Morgan fingerprint density at radius 3 is 2.87 bits per heavy atom. The summed E-state index contributed by atoms with van der Waals surface area (Å²) >= 11 is 0. The fraction of sp³-hybridized carbons (Fsp3) is 0.600. The SMILES string of the molecule is CC(C)N(CCCO)C(=O)c1cn[nH]c1. The quantitative estimate of drug-likeness (QED) is 0.751. The highest BCUT2D eigenvalue weighted by atomic mass is 16.3. The number of carbonyl (C=O) groups is 1. The van der Waals surface area contributed by atoms with Crippen LogP contribution in [0.25, 0.3) is 0 Å². The molecule has 0 atom stereocenters. The van der Waals surface area contributed by atoms with Crippen molar-refractivity contribution >= 4 is 5.91 Å². The molecule has 0 spiro atoms. The van der Waals surface area contributed by atoms with E-state index in [1.165, 1.54) is 6.20 Å². The van der Waals surface area contributed by atoms with Gasteiger partial charge in [-0.05, 0) is 20.3 Å². The molecule has 1 aromatic heterocycles. The van der Waals surface area contributed by atoms with Crippen molar-refractivity contribution < 1.29 is 9.90 Å². The first-order valence-corrected chi connectivity index (χ1v) is 5.07. The summed E-state index contributed by atoms with van der Waals surface area (Å²) in [5.41, 5.74) is 0.557. The van der Waals surface area contributed by atoms with E-state index in [4.69, 9.17) is 5.11 Å². The molecule has 0 aliphatic heterocycles. The van der Waals surface area contributed by atoms with Crippen LogP contribution in [0.5, 0.6) is 0 Å². The van der Waals surface area contributed by atoms with Crippen molar-refractivity contribution in [3.05, 3.63) is 18.0 Å². The number of carbonyl (C=O) groups excluding carboxylic acids is 1. The second-order valence-electron chi connectivity index (χ2n) is 3.66. The van der Waals surface area contributed by atoms with Crippen LogP contribution in [0.1, 0.15) is 30.6 Å². The lowest BCUT2D eigenvalue weighted by Gasteiger charge is -2.25. The first kappa shape index (κ1) is 11.7. The maximum atomic E-state index is 11.9. The van der Waals surface area contributed by atoms with Crippen molar-refractivity contribution in [2.24, 2.45) is 0 Å². The number of nitrogens with one attached hydrogen (secondary N) is 1. The van der Waals surface area contributed by atoms with E-state index in [0.717, 1.165) is 0 Å². The predicted molar refractivity (Wildman–Crippen MR) is 56.5 cm³/mol. The van der Waals surface area contributed by atoms with Crippen LogP contribution in [-0.2, 0) is 0 Å². The average Bonchev–Trinajstić information content (AvgIpc) is 2.70. The number of hydrogen-bond acceptors (Lipinski definition) is 3. The van der Waals surface area contributed by atoms with Gasteiger partial charge in [0.15, 0.2) is 0 Å². The summed E-state index contributed by atoms with van der Waals surface area (Å²) in [5.74, 6) is -0.0489. The molecule has 0 unspecified atom stereocenters. The molecule has 84 valence electrons. The van der Waals surface area contributed by atoms with Crippen molar-refractivity contribution in [1.29, 1.82) is 0 Å². The van der Waals surface area contributed by atoms with Gasteiger partial charge in [-0.15, -0.1) is 0 Å². The Morgan fingerprint density at radius 2 is 2.40 bits per heavy atom. The maximum Gasteiger partial charge on any atom is 0.257 e. The molecule has 2 N–H and O–H groups in total. The van der Waals surface area contributed by atoms with E-state index >= 15 is 0 Å². The van der Waals surface area contributed by atoms with E-state index in [1.54, 1.807) is 11.1 Å². The largest absolute Gasteiger partial charge is 0.396 e. The molecule has 1 amide bonds. The summed E-state index contributed by atoms with van der Waals surface area (Å²) < 4.78 is 0. The van der Waals surface area contributed by atoms with Gasteiger partial charge in [0.05, 0.1) is 11.8 Å². The number of aromatic nitrogens is 2. The predicted octanol–water partition coefficient (Wildman–Crippen LogP) is 0.643. The first-order valence-electron chi connectivity index (χ1n) is 5.07. The normalized spacial score (nSPS) is 10.7. The molecule has 0 aromatic carbocycles. The molecular weight excluding hydrogens is 194 g/mol.